The van der Waals surface area contributed by atoms with Gasteiger partial charge >= 0.3 is 0 Å². The first-order chi connectivity index (χ1) is 21.9. The fraction of sp³-hybridized carbons (Fsp3) is 0.486. The predicted octanol–water partition coefficient (Wildman–Crippen LogP) is 8.18. The molecule has 0 saturated carbocycles. The van der Waals surface area contributed by atoms with Crippen LogP contribution in [0, 0.1) is 10.8 Å². The van der Waals surface area contributed by atoms with E-state index < -0.39 is 0 Å². The number of aliphatic hydroxyl groups excluding tert-OH is 1. The van der Waals surface area contributed by atoms with Crippen LogP contribution >= 0.6 is 0 Å². The lowest BCUT2D eigenvalue weighted by Crippen LogP contribution is -2.11. The highest BCUT2D eigenvalue weighted by atomic mass is 16.5. The van der Waals surface area contributed by atoms with Gasteiger partial charge in [-0.3, -0.25) is 10.2 Å². The van der Waals surface area contributed by atoms with Gasteiger partial charge in [-0.15, -0.1) is 0 Å². The third-order valence-electron chi connectivity index (χ3n) is 7.86. The van der Waals surface area contributed by atoms with Crippen molar-refractivity contribution in [3.63, 3.8) is 0 Å². The number of benzene rings is 2. The molecule has 2 aromatic carbocycles. The molecule has 1 heterocycles. The van der Waals surface area contributed by atoms with Crippen molar-refractivity contribution in [2.45, 2.75) is 105 Å². The zero-order chi connectivity index (χ0) is 33.8. The van der Waals surface area contributed by atoms with E-state index in [2.05, 4.69) is 0 Å². The number of ether oxygens (including phenoxy) is 2. The SMILES string of the molecule is CC(=N)CCCCCOc1cc2oc3cc(OCCCCCC(=N)N)c(CO)c(CC=C(C)C)c3c(=O)c2c(O)c1CC=C(C)C.N. The van der Waals surface area contributed by atoms with Crippen molar-refractivity contribution in [1.82, 2.24) is 6.15 Å². The van der Waals surface area contributed by atoms with Gasteiger partial charge < -0.3 is 41.4 Å². The molecule has 9 N–H and O–H groups in total. The van der Waals surface area contributed by atoms with Gasteiger partial charge in [-0.1, -0.05) is 23.3 Å². The predicted molar refractivity (Wildman–Crippen MR) is 192 cm³/mol. The van der Waals surface area contributed by atoms with Crippen LogP contribution in [-0.4, -0.2) is 35.0 Å². The summed E-state index contributed by atoms with van der Waals surface area (Å²) in [4.78, 5) is 14.3. The number of hydrogen-bond acceptors (Lipinski definition) is 9. The fourth-order valence-corrected chi connectivity index (χ4v) is 5.36. The summed E-state index contributed by atoms with van der Waals surface area (Å²) in [6.07, 6.45) is 11.0. The maximum Gasteiger partial charge on any atom is 0.204 e. The zero-order valence-corrected chi connectivity index (χ0v) is 28.8. The van der Waals surface area contributed by atoms with Crippen LogP contribution in [0.5, 0.6) is 17.2 Å². The summed E-state index contributed by atoms with van der Waals surface area (Å²) < 4.78 is 18.7. The number of unbranched alkanes of at least 4 members (excludes halogenated alkanes) is 4. The van der Waals surface area contributed by atoms with Gasteiger partial charge in [0.1, 0.15) is 33.8 Å². The number of nitrogens with two attached hydrogens (primary N) is 1. The van der Waals surface area contributed by atoms with Crippen LogP contribution in [0.15, 0.2) is 44.6 Å². The van der Waals surface area contributed by atoms with Crippen molar-refractivity contribution >= 4 is 33.5 Å². The Kier molecular flexibility index (Phi) is 15.7. The van der Waals surface area contributed by atoms with Crippen LogP contribution in [0.4, 0.5) is 0 Å². The molecule has 0 saturated heterocycles. The average molecular weight is 651 g/mol. The van der Waals surface area contributed by atoms with E-state index >= 15 is 0 Å². The second-order valence-corrected chi connectivity index (χ2v) is 12.5. The molecular formula is C37H54N4O6. The van der Waals surface area contributed by atoms with Crippen LogP contribution in [-0.2, 0) is 19.4 Å². The first-order valence-corrected chi connectivity index (χ1v) is 16.2. The van der Waals surface area contributed by atoms with E-state index in [0.717, 1.165) is 56.1 Å². The molecule has 10 heteroatoms. The summed E-state index contributed by atoms with van der Waals surface area (Å²) in [6.45, 7) is 10.2. The van der Waals surface area contributed by atoms with Gasteiger partial charge in [0.2, 0.25) is 5.43 Å². The van der Waals surface area contributed by atoms with Crippen molar-refractivity contribution in [2.75, 3.05) is 13.2 Å². The van der Waals surface area contributed by atoms with Crippen LogP contribution in [0.1, 0.15) is 103 Å². The second kappa shape index (κ2) is 18.9. The number of fused-ring (bicyclic) bond motifs is 2. The lowest BCUT2D eigenvalue weighted by molar-refractivity contribution is 0.259. The molecule has 0 unspecified atom stereocenters. The van der Waals surface area contributed by atoms with Gasteiger partial charge in [-0.25, -0.2) is 0 Å². The number of allylic oxidation sites excluding steroid dienone is 4. The first-order valence-electron chi connectivity index (χ1n) is 16.2. The molecule has 0 radical (unpaired) electrons. The molecule has 3 rings (SSSR count). The van der Waals surface area contributed by atoms with Gasteiger partial charge in [0.25, 0.3) is 0 Å². The van der Waals surface area contributed by atoms with E-state index in [9.17, 15) is 15.0 Å². The van der Waals surface area contributed by atoms with Crippen molar-refractivity contribution in [3.05, 3.63) is 62.3 Å². The minimum Gasteiger partial charge on any atom is -0.507 e. The molecule has 10 nitrogen and oxygen atoms in total. The minimum atomic E-state index is -0.372. The van der Waals surface area contributed by atoms with Crippen LogP contribution in [0.3, 0.4) is 0 Å². The highest BCUT2D eigenvalue weighted by Gasteiger charge is 2.23. The standard InChI is InChI=1S/C37H51N3O6.H3N/c1-23(2)14-16-26-28(22-41)30(45-19-11-7-9-13-33(39)40)21-31-34(26)37(43)35-32(46-31)20-29(27(36(35)42)17-15-24(3)4)44-18-10-6-8-12-25(5)38;/h14-15,20-21,38,41-42H,6-13,16-19,22H2,1-5H3,(H3,39,40);1H3. The number of phenols is 1. The maximum absolute atomic E-state index is 14.3. The molecule has 0 spiro atoms. The van der Waals surface area contributed by atoms with Gasteiger partial charge in [-0.2, -0.15) is 0 Å². The summed E-state index contributed by atoms with van der Waals surface area (Å²) >= 11 is 0. The lowest BCUT2D eigenvalue weighted by Gasteiger charge is -2.18. The molecule has 0 aliphatic carbocycles. The minimum absolute atomic E-state index is 0. The Hall–Kier alpha value is -4.15. The molecule has 0 amide bonds. The summed E-state index contributed by atoms with van der Waals surface area (Å²) in [6, 6.07) is 3.35. The Morgan fingerprint density at radius 3 is 1.81 bits per heavy atom. The molecule has 0 bridgehead atoms. The highest BCUT2D eigenvalue weighted by molar-refractivity contribution is 5.97. The fourth-order valence-electron chi connectivity index (χ4n) is 5.36. The van der Waals surface area contributed by atoms with E-state index in [1.54, 1.807) is 12.1 Å². The van der Waals surface area contributed by atoms with Crippen molar-refractivity contribution in [1.29, 1.82) is 10.8 Å². The average Bonchev–Trinajstić information content (AvgIpc) is 2.98. The van der Waals surface area contributed by atoms with Gasteiger partial charge in [0, 0.05) is 35.4 Å². The maximum atomic E-state index is 14.3. The van der Waals surface area contributed by atoms with Crippen LogP contribution in [0.25, 0.3) is 21.9 Å². The zero-order valence-electron chi connectivity index (χ0n) is 28.8. The molecular weight excluding hydrogens is 596 g/mol. The van der Waals surface area contributed by atoms with Gasteiger partial charge in [0.15, 0.2) is 0 Å². The van der Waals surface area contributed by atoms with E-state index in [0.29, 0.717) is 77.3 Å². The number of hydrogen-bond donors (Lipinski definition) is 6. The normalized spacial score (nSPS) is 10.9. The Bertz CT molecular complexity index is 1660. The molecule has 47 heavy (non-hydrogen) atoms. The third kappa shape index (κ3) is 11.0. The molecule has 0 aliphatic rings. The third-order valence-corrected chi connectivity index (χ3v) is 7.86. The van der Waals surface area contributed by atoms with Crippen molar-refractivity contribution < 1.29 is 24.1 Å². The number of nitrogens with one attached hydrogen (secondary N) is 2. The number of aliphatic hydroxyl groups is 1. The van der Waals surface area contributed by atoms with E-state index in [1.165, 1.54) is 0 Å². The van der Waals surface area contributed by atoms with E-state index in [-0.39, 0.29) is 40.7 Å². The largest absolute Gasteiger partial charge is 0.507 e. The second-order valence-electron chi connectivity index (χ2n) is 12.5. The van der Waals surface area contributed by atoms with Crippen LogP contribution < -0.4 is 26.8 Å². The molecule has 1 aromatic heterocycles. The monoisotopic (exact) mass is 650 g/mol. The molecule has 0 aliphatic heterocycles. The number of amidine groups is 1. The first kappa shape index (κ1) is 39.0. The topological polar surface area (TPSA) is 198 Å². The van der Waals surface area contributed by atoms with Gasteiger partial charge in [-0.05, 0) is 98.0 Å². The van der Waals surface area contributed by atoms with Crippen LogP contribution in [0.2, 0.25) is 0 Å². The Balaban J connectivity index is 0.00000768. The number of phenolic OH excluding ortho intramolecular Hbond substituents is 1. The van der Waals surface area contributed by atoms with Crippen molar-refractivity contribution in [3.8, 4) is 17.2 Å². The molecule has 3 aromatic rings. The smallest absolute Gasteiger partial charge is 0.204 e. The molecule has 0 fully saturated rings. The van der Waals surface area contributed by atoms with E-state index in [4.69, 9.17) is 30.4 Å². The summed E-state index contributed by atoms with van der Waals surface area (Å²) in [5.41, 5.74) is 10.0. The Labute approximate surface area is 278 Å². The quantitative estimate of drug-likeness (QED) is 0.0245. The molecule has 258 valence electrons. The van der Waals surface area contributed by atoms with Crippen molar-refractivity contribution in [2.24, 2.45) is 5.73 Å². The number of aromatic hydroxyl groups is 1. The van der Waals surface area contributed by atoms with E-state index in [1.807, 2.05) is 46.8 Å². The number of rotatable bonds is 19. The Morgan fingerprint density at radius 1 is 0.787 bits per heavy atom. The van der Waals surface area contributed by atoms with Gasteiger partial charge in [0.05, 0.1) is 31.0 Å². The summed E-state index contributed by atoms with van der Waals surface area (Å²) in [7, 11) is 0. The lowest BCUT2D eigenvalue weighted by atomic mass is 9.95. The molecule has 0 atom stereocenters. The summed E-state index contributed by atoms with van der Waals surface area (Å²) in [5.74, 6) is 0.918. The highest BCUT2D eigenvalue weighted by Crippen LogP contribution is 2.39. The Morgan fingerprint density at radius 2 is 1.30 bits per heavy atom. The summed E-state index contributed by atoms with van der Waals surface area (Å²) in [5, 5.41) is 37.5.